The maximum Gasteiger partial charge on any atom is 0.213 e. The van der Waals surface area contributed by atoms with Crippen LogP contribution in [0.25, 0.3) is 118 Å². The van der Waals surface area contributed by atoms with Crippen molar-refractivity contribution in [1.29, 1.82) is 0 Å². The molecular formula is C74H58N8O2. The highest BCUT2D eigenvalue weighted by atomic mass is 16.5. The van der Waals surface area contributed by atoms with Gasteiger partial charge in [-0.25, -0.2) is 29.3 Å². The summed E-state index contributed by atoms with van der Waals surface area (Å²) in [6.07, 6.45) is 3.62. The van der Waals surface area contributed by atoms with E-state index < -0.39 is 0 Å². The van der Waals surface area contributed by atoms with Crippen molar-refractivity contribution in [1.82, 2.24) is 38.8 Å². The van der Waals surface area contributed by atoms with Crippen LogP contribution >= 0.6 is 0 Å². The van der Waals surface area contributed by atoms with Gasteiger partial charge in [0.2, 0.25) is 5.95 Å². The summed E-state index contributed by atoms with van der Waals surface area (Å²) in [5, 5.41) is 2.34. The van der Waals surface area contributed by atoms with Gasteiger partial charge in [0, 0.05) is 51.3 Å². The Balaban J connectivity index is 0.000000175. The summed E-state index contributed by atoms with van der Waals surface area (Å²) in [7, 11) is 0. The Hall–Kier alpha value is -11.1. The van der Waals surface area contributed by atoms with Gasteiger partial charge in [0.1, 0.15) is 17.3 Å². The van der Waals surface area contributed by atoms with Gasteiger partial charge in [-0.15, -0.1) is 0 Å². The van der Waals surface area contributed by atoms with Gasteiger partial charge in [-0.1, -0.05) is 249 Å². The Morgan fingerprint density at radius 1 is 0.345 bits per heavy atom. The summed E-state index contributed by atoms with van der Waals surface area (Å²) in [4.78, 5) is 24.3. The number of para-hydroxylation sites is 2. The summed E-state index contributed by atoms with van der Waals surface area (Å²) in [5.41, 5.74) is 14.4. The molecule has 0 bridgehead atoms. The van der Waals surface area contributed by atoms with E-state index in [1.807, 2.05) is 105 Å². The topological polar surface area (TPSA) is 101 Å². The average molecular weight is 1090 g/mol. The van der Waals surface area contributed by atoms with Gasteiger partial charge in [-0.2, -0.15) is 0 Å². The fraction of sp³-hybridized carbons (Fsp3) is 0.0541. The Labute approximate surface area is 488 Å². The quantitative estimate of drug-likeness (QED) is 0.110. The number of hydrogen-bond donors (Lipinski definition) is 1. The monoisotopic (exact) mass is 1090 g/mol. The van der Waals surface area contributed by atoms with E-state index in [9.17, 15) is 0 Å². The van der Waals surface area contributed by atoms with E-state index in [2.05, 4.69) is 212 Å². The second kappa shape index (κ2) is 23.9. The van der Waals surface area contributed by atoms with Crippen LogP contribution in [0.15, 0.2) is 285 Å². The Morgan fingerprint density at radius 3 is 1.14 bits per heavy atom. The molecule has 14 rings (SSSR count). The van der Waals surface area contributed by atoms with Crippen molar-refractivity contribution < 1.29 is 9.47 Å². The molecule has 0 unspecified atom stereocenters. The van der Waals surface area contributed by atoms with Gasteiger partial charge in [0.25, 0.3) is 0 Å². The molecule has 14 aromatic rings. The molecule has 0 atom stereocenters. The number of imidazole rings is 4. The predicted octanol–water partition coefficient (Wildman–Crippen LogP) is 17.9. The Bertz CT molecular complexity index is 4310. The van der Waals surface area contributed by atoms with E-state index in [4.69, 9.17) is 24.4 Å². The number of aromatic amines is 1. The highest BCUT2D eigenvalue weighted by molar-refractivity contribution is 5.97. The number of H-pyrrole nitrogens is 1. The summed E-state index contributed by atoms with van der Waals surface area (Å²) in [6, 6.07) is 93.4. The first-order chi connectivity index (χ1) is 41.7. The first-order valence-electron chi connectivity index (χ1n) is 28.3. The first kappa shape index (κ1) is 52.3. The molecule has 0 amide bonds. The van der Waals surface area contributed by atoms with Crippen molar-refractivity contribution in [2.75, 3.05) is 13.2 Å². The molecule has 0 saturated carbocycles. The molecule has 0 fully saturated rings. The van der Waals surface area contributed by atoms with Gasteiger partial charge in [-0.3, -0.25) is 4.57 Å². The van der Waals surface area contributed by atoms with E-state index in [1.54, 1.807) is 6.20 Å². The van der Waals surface area contributed by atoms with E-state index in [0.717, 1.165) is 113 Å². The smallest absolute Gasteiger partial charge is 0.213 e. The van der Waals surface area contributed by atoms with Crippen molar-refractivity contribution in [3.05, 3.63) is 285 Å². The van der Waals surface area contributed by atoms with Crippen LogP contribution in [0.3, 0.4) is 0 Å². The van der Waals surface area contributed by atoms with Crippen LogP contribution in [-0.4, -0.2) is 52.1 Å². The number of nitrogens with zero attached hydrogens (tertiary/aromatic N) is 7. The molecule has 4 heterocycles. The summed E-state index contributed by atoms with van der Waals surface area (Å²) >= 11 is 0. The third kappa shape index (κ3) is 10.1. The lowest BCUT2D eigenvalue weighted by Gasteiger charge is -2.21. The molecule has 0 aliphatic carbocycles. The second-order valence-electron chi connectivity index (χ2n) is 19.9. The molecule has 10 heteroatoms. The third-order valence-electron chi connectivity index (χ3n) is 14.7. The van der Waals surface area contributed by atoms with Crippen LogP contribution in [0.1, 0.15) is 13.8 Å². The molecule has 406 valence electrons. The number of nitrogens with one attached hydrogen (secondary N) is 1. The zero-order valence-electron chi connectivity index (χ0n) is 46.5. The van der Waals surface area contributed by atoms with Gasteiger partial charge < -0.3 is 14.5 Å². The van der Waals surface area contributed by atoms with Crippen LogP contribution in [0.5, 0.6) is 11.5 Å². The zero-order chi connectivity index (χ0) is 56.6. The Kier molecular flexibility index (Phi) is 14.9. The van der Waals surface area contributed by atoms with Crippen LogP contribution in [0.4, 0.5) is 0 Å². The van der Waals surface area contributed by atoms with Crippen molar-refractivity contribution in [2.24, 2.45) is 0 Å². The molecule has 0 radical (unpaired) electrons. The lowest BCUT2D eigenvalue weighted by Crippen LogP contribution is -2.16. The normalized spacial score (nSPS) is 11.1. The maximum absolute atomic E-state index is 6.30. The van der Waals surface area contributed by atoms with Gasteiger partial charge >= 0.3 is 0 Å². The van der Waals surface area contributed by atoms with E-state index >= 15 is 0 Å². The lowest BCUT2D eigenvalue weighted by molar-refractivity contribution is 0.340. The minimum absolute atomic E-state index is 0.514. The Morgan fingerprint density at radius 2 is 0.702 bits per heavy atom. The molecule has 0 saturated heterocycles. The van der Waals surface area contributed by atoms with Crippen LogP contribution in [0, 0.1) is 0 Å². The lowest BCUT2D eigenvalue weighted by atomic mass is 10.0. The van der Waals surface area contributed by atoms with Gasteiger partial charge in [0.15, 0.2) is 11.6 Å². The molecule has 10 aromatic carbocycles. The van der Waals surface area contributed by atoms with Crippen molar-refractivity contribution in [3.63, 3.8) is 0 Å². The molecule has 84 heavy (non-hydrogen) atoms. The molecule has 0 aliphatic heterocycles. The van der Waals surface area contributed by atoms with Crippen molar-refractivity contribution in [3.8, 4) is 119 Å². The van der Waals surface area contributed by atoms with E-state index in [0.29, 0.717) is 24.9 Å². The highest BCUT2D eigenvalue weighted by Gasteiger charge is 2.32. The molecule has 1 N–H and O–H groups in total. The van der Waals surface area contributed by atoms with E-state index in [-0.39, 0.29) is 0 Å². The summed E-state index contributed by atoms with van der Waals surface area (Å²) < 4.78 is 19.2. The van der Waals surface area contributed by atoms with Crippen LogP contribution < -0.4 is 9.47 Å². The summed E-state index contributed by atoms with van der Waals surface area (Å²) in [5.74, 6) is 4.51. The molecular weight excluding hydrogens is 1030 g/mol. The van der Waals surface area contributed by atoms with Crippen LogP contribution in [0.2, 0.25) is 0 Å². The number of ether oxygens (including phenoxy) is 2. The summed E-state index contributed by atoms with van der Waals surface area (Å²) in [6.45, 7) is 5.04. The largest absolute Gasteiger partial charge is 0.493 e. The van der Waals surface area contributed by atoms with Crippen LogP contribution in [-0.2, 0) is 0 Å². The number of aromatic nitrogens is 8. The van der Waals surface area contributed by atoms with Crippen molar-refractivity contribution >= 4 is 10.8 Å². The fourth-order valence-electron chi connectivity index (χ4n) is 11.0. The third-order valence-corrected chi connectivity index (χ3v) is 14.7. The number of rotatable bonds is 15. The predicted molar refractivity (Wildman–Crippen MR) is 340 cm³/mol. The number of fused-ring (bicyclic) bond motifs is 1. The molecule has 0 spiro atoms. The van der Waals surface area contributed by atoms with Gasteiger partial charge in [0.05, 0.1) is 58.5 Å². The average Bonchev–Trinajstić information content (AvgIpc) is 2.77. The minimum Gasteiger partial charge on any atom is -0.493 e. The highest BCUT2D eigenvalue weighted by Crippen LogP contribution is 2.46. The fourth-order valence-corrected chi connectivity index (χ4v) is 11.0. The minimum atomic E-state index is 0.514. The SMILES string of the molecule is CCOc1ccccc1-c1nc(-c2ccccc2)c(-c2ccccc2)n1-n1c(-c2ccccc2OCC)nc(-c2ccccc2)c1-c1ccccc1.c1ccc(-c2nc(-c3cccc4ccccc34)n(-c3ncc[nH]3)c2-c2ccccc2)cc1. The number of benzene rings is 10. The molecule has 4 aromatic heterocycles. The zero-order valence-corrected chi connectivity index (χ0v) is 46.5. The first-order valence-corrected chi connectivity index (χ1v) is 28.3. The number of hydrogen-bond acceptors (Lipinski definition) is 6. The standard InChI is InChI=1S/C46H38N4O2.C28H20N4/c1-3-51-39-31-19-17-29-37(39)45-47-41(33-21-9-5-10-22-33)43(35-25-13-7-14-26-35)49(45)50-44(36-27-15-8-16-28-36)42(34-23-11-6-12-24-34)48-46(50)38-30-18-20-32-40(38)52-4-2;1-3-11-21(12-4-1)25-26(22-13-5-2-6-14-22)32(28-29-18-19-30-28)27(31-25)24-17-9-15-20-10-7-8-16-23(20)24/h5-32H,3-4H2,1-2H3;1-19H,(H,29,30). The van der Waals surface area contributed by atoms with E-state index in [1.165, 1.54) is 5.39 Å². The van der Waals surface area contributed by atoms with Crippen molar-refractivity contribution in [2.45, 2.75) is 13.8 Å². The second-order valence-corrected chi connectivity index (χ2v) is 19.9. The van der Waals surface area contributed by atoms with Gasteiger partial charge in [-0.05, 0) is 48.9 Å². The molecule has 0 aliphatic rings. The molecule has 10 nitrogen and oxygen atoms in total. The maximum atomic E-state index is 6.30.